The van der Waals surface area contributed by atoms with Crippen molar-refractivity contribution in [2.75, 3.05) is 0 Å². The topological polar surface area (TPSA) is 52.6 Å². The van der Waals surface area contributed by atoms with Crippen molar-refractivity contribution in [3.8, 4) is 0 Å². The lowest BCUT2D eigenvalue weighted by Gasteiger charge is -2.24. The van der Waals surface area contributed by atoms with Gasteiger partial charge in [-0.05, 0) is 12.8 Å². The number of rotatable bonds is 2. The van der Waals surface area contributed by atoms with Gasteiger partial charge in [0.25, 0.3) is 0 Å². The maximum Gasteiger partial charge on any atom is 0.330 e. The Morgan fingerprint density at radius 2 is 2.33 bits per heavy atom. The fourth-order valence-corrected chi connectivity index (χ4v) is 3.25. The van der Waals surface area contributed by atoms with E-state index >= 15 is 0 Å². The number of ether oxygens (including phenoxy) is 2. The molecule has 0 aromatic rings. The van der Waals surface area contributed by atoms with Crippen molar-refractivity contribution in [2.45, 2.75) is 25.0 Å². The molecule has 3 fully saturated rings. The van der Waals surface area contributed by atoms with Gasteiger partial charge in [-0.15, -0.1) is 0 Å². The van der Waals surface area contributed by atoms with Crippen molar-refractivity contribution in [1.82, 2.24) is 0 Å². The Morgan fingerprint density at radius 1 is 1.53 bits per heavy atom. The van der Waals surface area contributed by atoms with Crippen LogP contribution in [0.4, 0.5) is 0 Å². The van der Waals surface area contributed by atoms with Crippen LogP contribution in [0.25, 0.3) is 0 Å². The van der Waals surface area contributed by atoms with E-state index in [0.29, 0.717) is 5.92 Å². The molecule has 4 heteroatoms. The summed E-state index contributed by atoms with van der Waals surface area (Å²) in [5, 5.41) is 0. The van der Waals surface area contributed by atoms with Gasteiger partial charge < -0.3 is 9.47 Å². The Labute approximate surface area is 87.2 Å². The number of fused-ring (bicyclic) bond motifs is 1. The number of hydrogen-bond acceptors (Lipinski definition) is 4. The molecular weight excluding hydrogens is 196 g/mol. The summed E-state index contributed by atoms with van der Waals surface area (Å²) in [5.41, 5.74) is 0. The Bertz CT molecular complexity index is 348. The minimum absolute atomic E-state index is 0.0682. The SMILES string of the molecule is C=CC(=O)OC1C2OC(=O)C3C[C@@H]1CC32. The lowest BCUT2D eigenvalue weighted by molar-refractivity contribution is -0.157. The highest BCUT2D eigenvalue weighted by Gasteiger charge is 2.63. The van der Waals surface area contributed by atoms with E-state index in [1.54, 1.807) is 0 Å². The van der Waals surface area contributed by atoms with Crippen molar-refractivity contribution in [3.05, 3.63) is 12.7 Å². The van der Waals surface area contributed by atoms with Gasteiger partial charge in [-0.1, -0.05) is 6.58 Å². The average Bonchev–Trinajstić information content (AvgIpc) is 2.81. The Morgan fingerprint density at radius 3 is 3.07 bits per heavy atom. The smallest absolute Gasteiger partial charge is 0.330 e. The molecule has 0 aromatic carbocycles. The van der Waals surface area contributed by atoms with Crippen LogP contribution in [-0.2, 0) is 19.1 Å². The zero-order valence-electron chi connectivity index (χ0n) is 8.22. The van der Waals surface area contributed by atoms with Gasteiger partial charge in [0.1, 0.15) is 12.2 Å². The van der Waals surface area contributed by atoms with Gasteiger partial charge in [0.2, 0.25) is 0 Å². The zero-order valence-corrected chi connectivity index (χ0v) is 8.22. The van der Waals surface area contributed by atoms with Gasteiger partial charge in [-0.25, -0.2) is 4.79 Å². The molecule has 3 aliphatic rings. The van der Waals surface area contributed by atoms with E-state index in [-0.39, 0.29) is 30.0 Å². The Kier molecular flexibility index (Phi) is 1.69. The van der Waals surface area contributed by atoms with Crippen molar-refractivity contribution in [1.29, 1.82) is 0 Å². The van der Waals surface area contributed by atoms with Gasteiger partial charge in [-0.2, -0.15) is 0 Å². The fraction of sp³-hybridized carbons (Fsp3) is 0.636. The predicted molar refractivity (Wildman–Crippen MR) is 49.7 cm³/mol. The van der Waals surface area contributed by atoms with Gasteiger partial charge in [-0.3, -0.25) is 4.79 Å². The molecule has 0 spiro atoms. The number of carbonyl (C=O) groups excluding carboxylic acids is 2. The molecule has 3 rings (SSSR count). The van der Waals surface area contributed by atoms with Crippen molar-refractivity contribution in [2.24, 2.45) is 17.8 Å². The molecule has 15 heavy (non-hydrogen) atoms. The van der Waals surface area contributed by atoms with E-state index in [0.717, 1.165) is 18.9 Å². The summed E-state index contributed by atoms with van der Waals surface area (Å²) in [5.74, 6) is 0.126. The highest BCUT2D eigenvalue weighted by atomic mass is 16.6. The molecule has 2 aliphatic carbocycles. The summed E-state index contributed by atoms with van der Waals surface area (Å²) < 4.78 is 10.5. The minimum Gasteiger partial charge on any atom is -0.458 e. The first kappa shape index (κ1) is 8.95. The van der Waals surface area contributed by atoms with Crippen LogP contribution < -0.4 is 0 Å². The largest absolute Gasteiger partial charge is 0.458 e. The van der Waals surface area contributed by atoms with Crippen LogP contribution in [0, 0.1) is 17.8 Å². The first-order chi connectivity index (χ1) is 7.20. The maximum absolute atomic E-state index is 11.4. The third-order valence-corrected chi connectivity index (χ3v) is 3.83. The second-order valence-corrected chi connectivity index (χ2v) is 4.51. The number of esters is 2. The van der Waals surface area contributed by atoms with Gasteiger partial charge in [0, 0.05) is 17.9 Å². The third-order valence-electron chi connectivity index (χ3n) is 3.83. The van der Waals surface area contributed by atoms with Crippen LogP contribution in [0.15, 0.2) is 12.7 Å². The molecule has 4 unspecified atom stereocenters. The second-order valence-electron chi connectivity index (χ2n) is 4.51. The van der Waals surface area contributed by atoms with Crippen LogP contribution in [0.1, 0.15) is 12.8 Å². The van der Waals surface area contributed by atoms with Crippen LogP contribution >= 0.6 is 0 Å². The Hall–Kier alpha value is -1.32. The van der Waals surface area contributed by atoms with Crippen LogP contribution in [0.3, 0.4) is 0 Å². The molecule has 0 N–H and O–H groups in total. The molecule has 0 aromatic heterocycles. The Balaban J connectivity index is 1.80. The van der Waals surface area contributed by atoms with E-state index in [1.165, 1.54) is 0 Å². The monoisotopic (exact) mass is 208 g/mol. The van der Waals surface area contributed by atoms with Gasteiger partial charge >= 0.3 is 11.9 Å². The van der Waals surface area contributed by atoms with Crippen LogP contribution in [0.5, 0.6) is 0 Å². The summed E-state index contributed by atoms with van der Waals surface area (Å²) in [6.45, 7) is 3.36. The van der Waals surface area contributed by atoms with Crippen LogP contribution in [-0.4, -0.2) is 24.1 Å². The van der Waals surface area contributed by atoms with Crippen LogP contribution in [0.2, 0.25) is 0 Å². The summed E-state index contributed by atoms with van der Waals surface area (Å²) in [4.78, 5) is 22.5. The highest BCUT2D eigenvalue weighted by molar-refractivity contribution is 5.82. The number of carbonyl (C=O) groups is 2. The molecule has 1 saturated heterocycles. The van der Waals surface area contributed by atoms with E-state index in [1.807, 2.05) is 0 Å². The third kappa shape index (κ3) is 1.07. The van der Waals surface area contributed by atoms with E-state index < -0.39 is 5.97 Å². The highest BCUT2D eigenvalue weighted by Crippen LogP contribution is 2.55. The van der Waals surface area contributed by atoms with Crippen molar-refractivity contribution in [3.63, 3.8) is 0 Å². The molecule has 2 saturated carbocycles. The van der Waals surface area contributed by atoms with E-state index in [4.69, 9.17) is 9.47 Å². The molecule has 80 valence electrons. The molecule has 5 atom stereocenters. The summed E-state index contributed by atoms with van der Waals surface area (Å²) >= 11 is 0. The first-order valence-electron chi connectivity index (χ1n) is 5.24. The van der Waals surface area contributed by atoms with E-state index in [9.17, 15) is 9.59 Å². The first-order valence-corrected chi connectivity index (χ1v) is 5.24. The molecule has 1 heterocycles. The van der Waals surface area contributed by atoms with Crippen molar-refractivity contribution >= 4 is 11.9 Å². The second kappa shape index (κ2) is 2.84. The van der Waals surface area contributed by atoms with Crippen molar-refractivity contribution < 1.29 is 19.1 Å². The van der Waals surface area contributed by atoms with Gasteiger partial charge in [0.05, 0.1) is 5.92 Å². The fourth-order valence-electron chi connectivity index (χ4n) is 3.25. The minimum atomic E-state index is -0.424. The lowest BCUT2D eigenvalue weighted by atomic mass is 9.88. The molecule has 4 nitrogen and oxygen atoms in total. The summed E-state index contributed by atoms with van der Waals surface area (Å²) in [6.07, 6.45) is 2.50. The normalized spacial score (nSPS) is 45.3. The number of hydrogen-bond donors (Lipinski definition) is 0. The molecule has 0 amide bonds. The van der Waals surface area contributed by atoms with E-state index in [2.05, 4.69) is 6.58 Å². The average molecular weight is 208 g/mol. The molecular formula is C11H12O4. The molecule has 1 aliphatic heterocycles. The molecule has 0 radical (unpaired) electrons. The maximum atomic E-state index is 11.4. The lowest BCUT2D eigenvalue weighted by Crippen LogP contribution is -2.35. The summed E-state index contributed by atoms with van der Waals surface area (Å²) in [6, 6.07) is 0. The standard InChI is InChI=1S/C11H12O4/c1-2-8(12)14-9-5-3-6-7(4-5)11(13)15-10(6)9/h2,5-7,9-10H,1,3-4H2/t5-,6?,7?,9?,10?/m0/s1. The zero-order chi connectivity index (χ0) is 10.6. The quantitative estimate of drug-likeness (QED) is 0.494. The predicted octanol–water partition coefficient (Wildman–Crippen LogP) is 0.666. The molecule has 2 bridgehead atoms. The summed E-state index contributed by atoms with van der Waals surface area (Å²) in [7, 11) is 0. The van der Waals surface area contributed by atoms with Gasteiger partial charge in [0.15, 0.2) is 0 Å².